The van der Waals surface area contributed by atoms with Crippen molar-refractivity contribution in [2.24, 2.45) is 0 Å². The van der Waals surface area contributed by atoms with Gasteiger partial charge in [0.1, 0.15) is 22.3 Å². The minimum atomic E-state index is 0.872. The third kappa shape index (κ3) is 5.20. The molecule has 11 aromatic rings. The third-order valence-electron chi connectivity index (χ3n) is 10.9. The molecule has 3 nitrogen and oxygen atoms in total. The SMILES string of the molecule is c1cc(-c2ccccc2N(c2ccc(-c3cccc4oc5ccccc5c34)cc2)c2ccc3oc4ccccc4c3c2)cc(-c2cccc3ccccc23)c1. The predicted octanol–water partition coefficient (Wildman–Crippen LogP) is 15.1. The quantitative estimate of drug-likeness (QED) is 0.173. The average molecular weight is 704 g/mol. The Morgan fingerprint density at radius 3 is 1.75 bits per heavy atom. The lowest BCUT2D eigenvalue weighted by Crippen LogP contribution is -2.11. The molecular weight excluding hydrogens is 671 g/mol. The highest BCUT2D eigenvalue weighted by Gasteiger charge is 2.20. The molecule has 2 heterocycles. The highest BCUT2D eigenvalue weighted by atomic mass is 16.3. The smallest absolute Gasteiger partial charge is 0.136 e. The molecule has 0 saturated heterocycles. The van der Waals surface area contributed by atoms with Crippen LogP contribution in [0.1, 0.15) is 0 Å². The van der Waals surface area contributed by atoms with Crippen molar-refractivity contribution in [3.05, 3.63) is 200 Å². The zero-order chi connectivity index (χ0) is 36.3. The summed E-state index contributed by atoms with van der Waals surface area (Å²) in [6.07, 6.45) is 0. The molecule has 0 atom stereocenters. The van der Waals surface area contributed by atoms with E-state index in [1.54, 1.807) is 0 Å². The number of rotatable bonds is 6. The molecule has 0 aliphatic carbocycles. The number of furan rings is 2. The van der Waals surface area contributed by atoms with Gasteiger partial charge in [-0.2, -0.15) is 0 Å². The molecule has 9 aromatic carbocycles. The van der Waals surface area contributed by atoms with Gasteiger partial charge in [-0.25, -0.2) is 0 Å². The second-order valence-corrected chi connectivity index (χ2v) is 14.1. The molecule has 0 unspecified atom stereocenters. The molecule has 0 bridgehead atoms. The van der Waals surface area contributed by atoms with Gasteiger partial charge < -0.3 is 13.7 Å². The van der Waals surface area contributed by atoms with Gasteiger partial charge in [0.25, 0.3) is 0 Å². The fourth-order valence-corrected chi connectivity index (χ4v) is 8.33. The molecule has 258 valence electrons. The maximum absolute atomic E-state index is 6.27. The highest BCUT2D eigenvalue weighted by Crippen LogP contribution is 2.45. The van der Waals surface area contributed by atoms with Gasteiger partial charge in [-0.15, -0.1) is 0 Å². The Morgan fingerprint density at radius 2 is 0.873 bits per heavy atom. The van der Waals surface area contributed by atoms with Crippen molar-refractivity contribution in [2.45, 2.75) is 0 Å². The van der Waals surface area contributed by atoms with Gasteiger partial charge in [0, 0.05) is 38.5 Å². The average Bonchev–Trinajstić information content (AvgIpc) is 3.82. The molecule has 0 spiro atoms. The van der Waals surface area contributed by atoms with Crippen molar-refractivity contribution in [3.63, 3.8) is 0 Å². The summed E-state index contributed by atoms with van der Waals surface area (Å²) in [5.74, 6) is 0. The van der Waals surface area contributed by atoms with E-state index in [2.05, 4.69) is 181 Å². The van der Waals surface area contributed by atoms with Crippen molar-refractivity contribution in [3.8, 4) is 33.4 Å². The number of anilines is 3. The topological polar surface area (TPSA) is 29.5 Å². The molecule has 0 fully saturated rings. The minimum Gasteiger partial charge on any atom is -0.456 e. The minimum absolute atomic E-state index is 0.872. The summed E-state index contributed by atoms with van der Waals surface area (Å²) >= 11 is 0. The van der Waals surface area contributed by atoms with Crippen LogP contribution in [0.3, 0.4) is 0 Å². The van der Waals surface area contributed by atoms with Crippen LogP contribution in [0.4, 0.5) is 17.1 Å². The summed E-state index contributed by atoms with van der Waals surface area (Å²) < 4.78 is 12.5. The van der Waals surface area contributed by atoms with E-state index in [4.69, 9.17) is 8.83 Å². The first-order valence-corrected chi connectivity index (χ1v) is 18.7. The van der Waals surface area contributed by atoms with Crippen molar-refractivity contribution in [2.75, 3.05) is 4.90 Å². The summed E-state index contributed by atoms with van der Waals surface area (Å²) in [6, 6.07) is 71.1. The van der Waals surface area contributed by atoms with Crippen molar-refractivity contribution < 1.29 is 8.83 Å². The summed E-state index contributed by atoms with van der Waals surface area (Å²) in [5, 5.41) is 6.93. The van der Waals surface area contributed by atoms with E-state index in [9.17, 15) is 0 Å². The standard InChI is InChI=1S/C52H33NO2/c1-2-16-40-34(12-1)13-10-20-41(40)36-14-9-15-37(32-36)42-17-3-6-22-47(42)53(39-30-31-50-46(33-39)44-18-4-7-23-48(44)54-50)38-28-26-35(27-29-38)43-21-11-25-51-52(43)45-19-5-8-24-49(45)55-51/h1-33H. The van der Waals surface area contributed by atoms with Crippen LogP contribution in [0.2, 0.25) is 0 Å². The lowest BCUT2D eigenvalue weighted by atomic mass is 9.94. The maximum Gasteiger partial charge on any atom is 0.136 e. The second kappa shape index (κ2) is 12.6. The molecule has 0 aliphatic rings. The predicted molar refractivity (Wildman–Crippen MR) is 229 cm³/mol. The van der Waals surface area contributed by atoms with Crippen LogP contribution in [-0.4, -0.2) is 0 Å². The first-order valence-electron chi connectivity index (χ1n) is 18.7. The number of hydrogen-bond donors (Lipinski definition) is 0. The van der Waals surface area contributed by atoms with Crippen molar-refractivity contribution in [1.29, 1.82) is 0 Å². The van der Waals surface area contributed by atoms with Gasteiger partial charge in [-0.1, -0.05) is 140 Å². The second-order valence-electron chi connectivity index (χ2n) is 14.1. The van der Waals surface area contributed by atoms with Gasteiger partial charge in [0.15, 0.2) is 0 Å². The summed E-state index contributed by atoms with van der Waals surface area (Å²) in [7, 11) is 0. The molecule has 0 radical (unpaired) electrons. The van der Waals surface area contributed by atoms with Crippen LogP contribution in [0, 0.1) is 0 Å². The van der Waals surface area contributed by atoms with E-state index >= 15 is 0 Å². The fraction of sp³-hybridized carbons (Fsp3) is 0. The molecule has 11 rings (SSSR count). The number of para-hydroxylation sites is 3. The Morgan fingerprint density at radius 1 is 0.309 bits per heavy atom. The fourth-order valence-electron chi connectivity index (χ4n) is 8.33. The normalized spacial score (nSPS) is 11.6. The molecular formula is C52H33NO2. The van der Waals surface area contributed by atoms with Crippen LogP contribution in [0.15, 0.2) is 209 Å². The zero-order valence-corrected chi connectivity index (χ0v) is 29.8. The number of fused-ring (bicyclic) bond motifs is 7. The van der Waals surface area contributed by atoms with Crippen molar-refractivity contribution >= 4 is 71.7 Å². The summed E-state index contributed by atoms with van der Waals surface area (Å²) in [4.78, 5) is 2.37. The number of benzene rings is 9. The summed E-state index contributed by atoms with van der Waals surface area (Å²) in [5.41, 5.74) is 13.7. The number of hydrogen-bond acceptors (Lipinski definition) is 3. The molecule has 0 aliphatic heterocycles. The maximum atomic E-state index is 6.27. The van der Waals surface area contributed by atoms with Gasteiger partial charge in [0.05, 0.1) is 5.69 Å². The first kappa shape index (κ1) is 31.2. The Bertz CT molecular complexity index is 3220. The van der Waals surface area contributed by atoms with Crippen molar-refractivity contribution in [1.82, 2.24) is 0 Å². The highest BCUT2D eigenvalue weighted by molar-refractivity contribution is 6.12. The molecule has 0 N–H and O–H groups in total. The summed E-state index contributed by atoms with van der Waals surface area (Å²) in [6.45, 7) is 0. The van der Waals surface area contributed by atoms with Gasteiger partial charge >= 0.3 is 0 Å². The zero-order valence-electron chi connectivity index (χ0n) is 29.8. The third-order valence-corrected chi connectivity index (χ3v) is 10.9. The Balaban J connectivity index is 1.09. The van der Waals surface area contributed by atoms with Crippen LogP contribution in [0.5, 0.6) is 0 Å². The van der Waals surface area contributed by atoms with Crippen LogP contribution in [-0.2, 0) is 0 Å². The molecule has 0 saturated carbocycles. The van der Waals surface area contributed by atoms with Crippen LogP contribution in [0.25, 0.3) is 88.0 Å². The van der Waals surface area contributed by atoms with Gasteiger partial charge in [0.2, 0.25) is 0 Å². The van der Waals surface area contributed by atoms with E-state index in [1.165, 1.54) is 21.9 Å². The number of nitrogens with zero attached hydrogens (tertiary/aromatic N) is 1. The van der Waals surface area contributed by atoms with E-state index in [1.807, 2.05) is 24.3 Å². The Labute approximate surface area is 317 Å². The largest absolute Gasteiger partial charge is 0.456 e. The molecule has 55 heavy (non-hydrogen) atoms. The van der Waals surface area contributed by atoms with Gasteiger partial charge in [-0.3, -0.25) is 0 Å². The monoisotopic (exact) mass is 703 g/mol. The first-order chi connectivity index (χ1) is 27.3. The van der Waals surface area contributed by atoms with E-state index in [0.29, 0.717) is 0 Å². The Hall–Kier alpha value is -7.36. The van der Waals surface area contributed by atoms with E-state index in [0.717, 1.165) is 83.2 Å². The van der Waals surface area contributed by atoms with Crippen LogP contribution < -0.4 is 4.90 Å². The Kier molecular flexibility index (Phi) is 7.17. The lowest BCUT2D eigenvalue weighted by molar-refractivity contribution is 0.668. The molecule has 3 heteroatoms. The molecule has 2 aromatic heterocycles. The van der Waals surface area contributed by atoms with E-state index in [-0.39, 0.29) is 0 Å². The van der Waals surface area contributed by atoms with Gasteiger partial charge in [-0.05, 0) is 99.3 Å². The van der Waals surface area contributed by atoms with Crippen LogP contribution >= 0.6 is 0 Å². The van der Waals surface area contributed by atoms with E-state index < -0.39 is 0 Å². The molecule has 0 amide bonds. The lowest BCUT2D eigenvalue weighted by Gasteiger charge is -2.28.